The minimum atomic E-state index is 1.08. The molecule has 0 aliphatic carbocycles. The van der Waals surface area contributed by atoms with E-state index >= 15 is 0 Å². The normalized spacial score (nSPS) is 9.00. The lowest BCUT2D eigenvalue weighted by molar-refractivity contribution is 0.791. The van der Waals surface area contributed by atoms with E-state index in [9.17, 15) is 0 Å². The second-order valence-corrected chi connectivity index (χ2v) is 3.48. The molecule has 0 fully saturated rings. The largest absolute Gasteiger partial charge is 0.319 e. The molecule has 1 nitrogen and oxygen atoms in total. The molecule has 1 aromatic heterocycles. The first kappa shape index (κ1) is 11.7. The fourth-order valence-corrected chi connectivity index (χ4v) is 1.69. The molecule has 0 radical (unpaired) electrons. The summed E-state index contributed by atoms with van der Waals surface area (Å²) in [5.74, 6) is 0. The molecule has 1 aromatic rings. The summed E-state index contributed by atoms with van der Waals surface area (Å²) < 4.78 is 0. The van der Waals surface area contributed by atoms with Crippen molar-refractivity contribution in [3.63, 3.8) is 0 Å². The van der Waals surface area contributed by atoms with E-state index in [1.54, 1.807) is 0 Å². The number of hydrogen-bond donors (Lipinski definition) is 1. The number of thiophene rings is 1. The van der Waals surface area contributed by atoms with Gasteiger partial charge in [-0.1, -0.05) is 13.8 Å². The minimum absolute atomic E-state index is 1.08. The predicted octanol–water partition coefficient (Wildman–Crippen LogP) is 2.84. The van der Waals surface area contributed by atoms with Crippen LogP contribution in [0.4, 0.5) is 0 Å². The van der Waals surface area contributed by atoms with Crippen LogP contribution < -0.4 is 5.32 Å². The molecule has 12 heavy (non-hydrogen) atoms. The Morgan fingerprint density at radius 2 is 2.08 bits per heavy atom. The van der Waals surface area contributed by atoms with Crippen LogP contribution in [0.15, 0.2) is 11.4 Å². The minimum Gasteiger partial charge on any atom is -0.319 e. The molecule has 1 N–H and O–H groups in total. The molecule has 0 atom stereocenters. The lowest BCUT2D eigenvalue weighted by Gasteiger charge is -1.97. The van der Waals surface area contributed by atoms with Gasteiger partial charge < -0.3 is 5.32 Å². The monoisotopic (exact) mass is 185 g/mol. The molecule has 0 bridgehead atoms. The summed E-state index contributed by atoms with van der Waals surface area (Å²) in [6, 6.07) is 2.21. The average Bonchev–Trinajstić information content (AvgIpc) is 2.51. The fourth-order valence-electron chi connectivity index (χ4n) is 0.930. The smallest absolute Gasteiger partial charge is 0.00466 e. The molecule has 0 aliphatic rings. The van der Waals surface area contributed by atoms with Gasteiger partial charge in [-0.15, -0.1) is 11.3 Å². The maximum atomic E-state index is 3.14. The van der Waals surface area contributed by atoms with Gasteiger partial charge in [0.2, 0.25) is 0 Å². The average molecular weight is 185 g/mol. The van der Waals surface area contributed by atoms with Crippen LogP contribution in [-0.4, -0.2) is 13.6 Å². The van der Waals surface area contributed by atoms with Gasteiger partial charge in [-0.3, -0.25) is 0 Å². The van der Waals surface area contributed by atoms with Crippen molar-refractivity contribution < 1.29 is 0 Å². The third kappa shape index (κ3) is 3.88. The SMILES string of the molecule is CC.CNCCc1ccsc1C. The number of aryl methyl sites for hydroxylation is 1. The van der Waals surface area contributed by atoms with Crippen LogP contribution in [0.5, 0.6) is 0 Å². The Kier molecular flexibility index (Phi) is 7.11. The number of hydrogen-bond acceptors (Lipinski definition) is 2. The first-order valence-electron chi connectivity index (χ1n) is 4.52. The van der Waals surface area contributed by atoms with Crippen molar-refractivity contribution in [1.29, 1.82) is 0 Å². The first-order chi connectivity index (χ1) is 5.84. The first-order valence-corrected chi connectivity index (χ1v) is 5.40. The van der Waals surface area contributed by atoms with E-state index in [0.717, 1.165) is 13.0 Å². The Balaban J connectivity index is 0.000000561. The third-order valence-electron chi connectivity index (χ3n) is 1.61. The zero-order chi connectivity index (χ0) is 9.40. The maximum Gasteiger partial charge on any atom is 0.00466 e. The second-order valence-electron chi connectivity index (χ2n) is 2.36. The summed E-state index contributed by atoms with van der Waals surface area (Å²) in [7, 11) is 1.99. The molecule has 0 saturated carbocycles. The maximum absolute atomic E-state index is 3.14. The van der Waals surface area contributed by atoms with Gasteiger partial charge in [-0.05, 0) is 43.9 Å². The molecule has 0 spiro atoms. The van der Waals surface area contributed by atoms with Crippen LogP contribution in [0.3, 0.4) is 0 Å². The van der Waals surface area contributed by atoms with Gasteiger partial charge in [0.25, 0.3) is 0 Å². The highest BCUT2D eigenvalue weighted by Gasteiger charge is 1.96. The standard InChI is InChI=1S/C8H13NS.C2H6/c1-7-8(3-5-9-2)4-6-10-7;1-2/h4,6,9H,3,5H2,1-2H3;1-2H3. The fraction of sp³-hybridized carbons (Fsp3) is 0.600. The summed E-state index contributed by atoms with van der Waals surface area (Å²) in [4.78, 5) is 1.45. The molecule has 2 heteroatoms. The van der Waals surface area contributed by atoms with Gasteiger partial charge in [-0.2, -0.15) is 0 Å². The van der Waals surface area contributed by atoms with Crippen molar-refractivity contribution in [3.05, 3.63) is 21.9 Å². The van der Waals surface area contributed by atoms with Gasteiger partial charge >= 0.3 is 0 Å². The predicted molar refractivity (Wildman–Crippen MR) is 58.0 cm³/mol. The van der Waals surface area contributed by atoms with Gasteiger partial charge in [-0.25, -0.2) is 0 Å². The van der Waals surface area contributed by atoms with Crippen LogP contribution in [0.25, 0.3) is 0 Å². The molecule has 0 amide bonds. The van der Waals surface area contributed by atoms with E-state index in [4.69, 9.17) is 0 Å². The van der Waals surface area contributed by atoms with Crippen LogP contribution in [0.2, 0.25) is 0 Å². The third-order valence-corrected chi connectivity index (χ3v) is 2.50. The van der Waals surface area contributed by atoms with Gasteiger partial charge in [0.1, 0.15) is 0 Å². The number of nitrogens with one attached hydrogen (secondary N) is 1. The number of likely N-dealkylation sites (N-methyl/N-ethyl adjacent to an activating group) is 1. The Hall–Kier alpha value is -0.340. The van der Waals surface area contributed by atoms with E-state index in [-0.39, 0.29) is 0 Å². The van der Waals surface area contributed by atoms with E-state index in [1.807, 2.05) is 32.2 Å². The lowest BCUT2D eigenvalue weighted by Crippen LogP contribution is -2.10. The highest BCUT2D eigenvalue weighted by Crippen LogP contribution is 2.14. The molecule has 1 heterocycles. The molecule has 1 rings (SSSR count). The second kappa shape index (κ2) is 7.32. The highest BCUT2D eigenvalue weighted by molar-refractivity contribution is 7.10. The van der Waals surface area contributed by atoms with Crippen molar-refractivity contribution in [3.8, 4) is 0 Å². The Morgan fingerprint density at radius 1 is 1.42 bits per heavy atom. The summed E-state index contributed by atoms with van der Waals surface area (Å²) in [6.45, 7) is 7.26. The summed E-state index contributed by atoms with van der Waals surface area (Å²) in [5.41, 5.74) is 1.49. The zero-order valence-electron chi connectivity index (χ0n) is 8.48. The van der Waals surface area contributed by atoms with Gasteiger partial charge in [0.15, 0.2) is 0 Å². The highest BCUT2D eigenvalue weighted by atomic mass is 32.1. The van der Waals surface area contributed by atoms with E-state index < -0.39 is 0 Å². The molecule has 0 aromatic carbocycles. The van der Waals surface area contributed by atoms with Gasteiger partial charge in [0, 0.05) is 4.88 Å². The summed E-state index contributed by atoms with van der Waals surface area (Å²) in [5, 5.41) is 5.29. The summed E-state index contributed by atoms with van der Waals surface area (Å²) in [6.07, 6.45) is 1.16. The number of rotatable bonds is 3. The molecule has 0 unspecified atom stereocenters. The quantitative estimate of drug-likeness (QED) is 0.763. The molecule has 0 aliphatic heterocycles. The Labute approximate surface area is 79.8 Å². The van der Waals surface area contributed by atoms with Crippen LogP contribution in [0, 0.1) is 6.92 Å². The zero-order valence-corrected chi connectivity index (χ0v) is 9.29. The van der Waals surface area contributed by atoms with Crippen LogP contribution in [0.1, 0.15) is 24.3 Å². The van der Waals surface area contributed by atoms with Gasteiger partial charge in [0.05, 0.1) is 0 Å². The van der Waals surface area contributed by atoms with Crippen molar-refractivity contribution in [2.24, 2.45) is 0 Å². The van der Waals surface area contributed by atoms with E-state index in [0.29, 0.717) is 0 Å². The van der Waals surface area contributed by atoms with Crippen molar-refractivity contribution in [1.82, 2.24) is 5.32 Å². The molecule has 0 saturated heterocycles. The Morgan fingerprint density at radius 3 is 2.50 bits per heavy atom. The Bertz CT molecular complexity index is 193. The topological polar surface area (TPSA) is 12.0 Å². The van der Waals surface area contributed by atoms with E-state index in [2.05, 4.69) is 23.7 Å². The molecular weight excluding hydrogens is 166 g/mol. The summed E-state index contributed by atoms with van der Waals surface area (Å²) >= 11 is 1.83. The van der Waals surface area contributed by atoms with Crippen molar-refractivity contribution in [2.75, 3.05) is 13.6 Å². The molecular formula is C10H19NS. The van der Waals surface area contributed by atoms with Crippen molar-refractivity contribution >= 4 is 11.3 Å². The van der Waals surface area contributed by atoms with Crippen LogP contribution >= 0.6 is 11.3 Å². The van der Waals surface area contributed by atoms with Crippen molar-refractivity contribution in [2.45, 2.75) is 27.2 Å². The van der Waals surface area contributed by atoms with E-state index in [1.165, 1.54) is 10.4 Å². The molecule has 70 valence electrons. The lowest BCUT2D eigenvalue weighted by atomic mass is 10.2. The van der Waals surface area contributed by atoms with Crippen LogP contribution in [-0.2, 0) is 6.42 Å².